The van der Waals surface area contributed by atoms with Crippen molar-refractivity contribution in [3.05, 3.63) is 15.6 Å². The molecule has 0 spiro atoms. The molecule has 96 valence electrons. The minimum Gasteiger partial charge on any atom is -0.319 e. The molecule has 0 saturated heterocycles. The predicted molar refractivity (Wildman–Crippen MR) is 74.2 cm³/mol. The van der Waals surface area contributed by atoms with Crippen LogP contribution in [0.4, 0.5) is 0 Å². The van der Waals surface area contributed by atoms with E-state index in [0.29, 0.717) is 0 Å². The monoisotopic (exact) mass is 252 g/mol. The first-order valence-electron chi connectivity index (χ1n) is 6.66. The van der Waals surface area contributed by atoms with Gasteiger partial charge >= 0.3 is 0 Å². The molecule has 1 aliphatic carbocycles. The van der Waals surface area contributed by atoms with Gasteiger partial charge in [0.05, 0.1) is 11.2 Å². The molecule has 1 heterocycles. The van der Waals surface area contributed by atoms with Crippen LogP contribution >= 0.6 is 11.3 Å². The SMILES string of the molecule is Cc1nc(C2(N)CCCC(C(C)C)C2)sc1C. The molecule has 0 radical (unpaired) electrons. The Balaban J connectivity index is 2.23. The van der Waals surface area contributed by atoms with Crippen molar-refractivity contribution in [2.75, 3.05) is 0 Å². The van der Waals surface area contributed by atoms with E-state index in [1.54, 1.807) is 11.3 Å². The van der Waals surface area contributed by atoms with Gasteiger partial charge in [0.15, 0.2) is 0 Å². The second kappa shape index (κ2) is 4.69. The molecule has 0 aliphatic heterocycles. The summed E-state index contributed by atoms with van der Waals surface area (Å²) in [5.74, 6) is 1.50. The lowest BCUT2D eigenvalue weighted by atomic mass is 9.72. The molecule has 2 N–H and O–H groups in total. The van der Waals surface area contributed by atoms with Crippen molar-refractivity contribution < 1.29 is 0 Å². The van der Waals surface area contributed by atoms with Crippen LogP contribution in [0.2, 0.25) is 0 Å². The lowest BCUT2D eigenvalue weighted by Gasteiger charge is -2.38. The van der Waals surface area contributed by atoms with Crippen LogP contribution in [0.5, 0.6) is 0 Å². The van der Waals surface area contributed by atoms with E-state index in [-0.39, 0.29) is 5.54 Å². The highest BCUT2D eigenvalue weighted by atomic mass is 32.1. The molecule has 1 aromatic rings. The van der Waals surface area contributed by atoms with Crippen LogP contribution < -0.4 is 5.73 Å². The van der Waals surface area contributed by atoms with Gasteiger partial charge in [-0.05, 0) is 38.5 Å². The summed E-state index contributed by atoms with van der Waals surface area (Å²) in [6.45, 7) is 8.85. The van der Waals surface area contributed by atoms with E-state index in [2.05, 4.69) is 27.7 Å². The molecular weight excluding hydrogens is 228 g/mol. The van der Waals surface area contributed by atoms with E-state index in [9.17, 15) is 0 Å². The van der Waals surface area contributed by atoms with Crippen LogP contribution in [0.15, 0.2) is 0 Å². The molecular formula is C14H24N2S. The van der Waals surface area contributed by atoms with E-state index < -0.39 is 0 Å². The van der Waals surface area contributed by atoms with Gasteiger partial charge in [0.1, 0.15) is 5.01 Å². The molecule has 0 amide bonds. The molecule has 3 heteroatoms. The first-order chi connectivity index (χ1) is 7.92. The fourth-order valence-electron chi connectivity index (χ4n) is 2.80. The average Bonchev–Trinajstić information content (AvgIpc) is 2.60. The van der Waals surface area contributed by atoms with E-state index in [1.807, 2.05) is 0 Å². The maximum absolute atomic E-state index is 6.64. The number of hydrogen-bond donors (Lipinski definition) is 1. The van der Waals surface area contributed by atoms with Crippen molar-refractivity contribution in [1.82, 2.24) is 4.98 Å². The Kier molecular flexibility index (Phi) is 3.60. The number of aromatic nitrogens is 1. The van der Waals surface area contributed by atoms with Gasteiger partial charge in [0.2, 0.25) is 0 Å². The van der Waals surface area contributed by atoms with E-state index in [4.69, 9.17) is 10.7 Å². The largest absolute Gasteiger partial charge is 0.319 e. The first-order valence-corrected chi connectivity index (χ1v) is 7.47. The Morgan fingerprint density at radius 2 is 2.12 bits per heavy atom. The first kappa shape index (κ1) is 13.0. The summed E-state index contributed by atoms with van der Waals surface area (Å²) >= 11 is 1.80. The maximum Gasteiger partial charge on any atom is 0.113 e. The van der Waals surface area contributed by atoms with Gasteiger partial charge in [-0.1, -0.05) is 26.7 Å². The highest BCUT2D eigenvalue weighted by molar-refractivity contribution is 7.11. The van der Waals surface area contributed by atoms with E-state index in [1.165, 1.54) is 17.7 Å². The normalized spacial score (nSPS) is 29.9. The third kappa shape index (κ3) is 2.55. The Hall–Kier alpha value is -0.410. The van der Waals surface area contributed by atoms with Gasteiger partial charge in [-0.2, -0.15) is 0 Å². The molecule has 1 aliphatic rings. The van der Waals surface area contributed by atoms with Crippen molar-refractivity contribution in [2.45, 2.75) is 58.9 Å². The second-order valence-corrected chi connectivity index (χ2v) is 7.12. The van der Waals surface area contributed by atoms with Gasteiger partial charge < -0.3 is 5.73 Å². The highest BCUT2D eigenvalue weighted by Crippen LogP contribution is 2.42. The molecule has 0 aromatic carbocycles. The minimum absolute atomic E-state index is 0.156. The average molecular weight is 252 g/mol. The zero-order valence-electron chi connectivity index (χ0n) is 11.4. The van der Waals surface area contributed by atoms with Crippen LogP contribution in [-0.4, -0.2) is 4.98 Å². The quantitative estimate of drug-likeness (QED) is 0.870. The van der Waals surface area contributed by atoms with E-state index >= 15 is 0 Å². The molecule has 2 unspecified atom stereocenters. The zero-order chi connectivity index (χ0) is 12.6. The summed E-state index contributed by atoms with van der Waals surface area (Å²) < 4.78 is 0. The van der Waals surface area contributed by atoms with Gasteiger partial charge in [-0.25, -0.2) is 4.98 Å². The Labute approximate surface area is 109 Å². The number of hydrogen-bond acceptors (Lipinski definition) is 3. The summed E-state index contributed by atoms with van der Waals surface area (Å²) in [6.07, 6.45) is 4.79. The molecule has 2 nitrogen and oxygen atoms in total. The standard InChI is InChI=1S/C14H24N2S/c1-9(2)12-6-5-7-14(15,8-12)13-16-10(3)11(4)17-13/h9,12H,5-8,15H2,1-4H3. The molecule has 0 bridgehead atoms. The number of rotatable bonds is 2. The molecule has 1 fully saturated rings. The Morgan fingerprint density at radius 1 is 1.41 bits per heavy atom. The topological polar surface area (TPSA) is 38.9 Å². The van der Waals surface area contributed by atoms with Crippen LogP contribution in [-0.2, 0) is 5.54 Å². The van der Waals surface area contributed by atoms with Crippen molar-refractivity contribution in [2.24, 2.45) is 17.6 Å². The summed E-state index contributed by atoms with van der Waals surface area (Å²) in [5.41, 5.74) is 7.64. The van der Waals surface area contributed by atoms with Crippen LogP contribution in [0.25, 0.3) is 0 Å². The lowest BCUT2D eigenvalue weighted by molar-refractivity contribution is 0.183. The van der Waals surface area contributed by atoms with Crippen LogP contribution in [0.3, 0.4) is 0 Å². The van der Waals surface area contributed by atoms with Gasteiger partial charge in [0, 0.05) is 4.88 Å². The van der Waals surface area contributed by atoms with E-state index in [0.717, 1.165) is 35.4 Å². The third-order valence-electron chi connectivity index (χ3n) is 4.22. The van der Waals surface area contributed by atoms with Crippen LogP contribution in [0, 0.1) is 25.7 Å². The minimum atomic E-state index is -0.156. The Morgan fingerprint density at radius 3 is 2.65 bits per heavy atom. The fraction of sp³-hybridized carbons (Fsp3) is 0.786. The molecule has 2 atom stereocenters. The lowest BCUT2D eigenvalue weighted by Crippen LogP contribution is -2.42. The number of nitrogens with zero attached hydrogens (tertiary/aromatic N) is 1. The smallest absolute Gasteiger partial charge is 0.113 e. The summed E-state index contributed by atoms with van der Waals surface area (Å²) in [6, 6.07) is 0. The van der Waals surface area contributed by atoms with Crippen molar-refractivity contribution in [3.8, 4) is 0 Å². The van der Waals surface area contributed by atoms with Gasteiger partial charge in [-0.15, -0.1) is 11.3 Å². The number of thiazole rings is 1. The van der Waals surface area contributed by atoms with Crippen molar-refractivity contribution in [1.29, 1.82) is 0 Å². The van der Waals surface area contributed by atoms with Crippen LogP contribution in [0.1, 0.15) is 55.1 Å². The third-order valence-corrected chi connectivity index (χ3v) is 5.51. The molecule has 2 rings (SSSR count). The number of nitrogens with two attached hydrogens (primary N) is 1. The summed E-state index contributed by atoms with van der Waals surface area (Å²) in [7, 11) is 0. The van der Waals surface area contributed by atoms with Crippen molar-refractivity contribution in [3.63, 3.8) is 0 Å². The molecule has 1 saturated carbocycles. The second-order valence-electron chi connectivity index (χ2n) is 5.92. The van der Waals surface area contributed by atoms with Gasteiger partial charge in [-0.3, -0.25) is 0 Å². The Bertz CT molecular complexity index is 377. The molecule has 17 heavy (non-hydrogen) atoms. The predicted octanol–water partition coefficient (Wildman–Crippen LogP) is 3.76. The van der Waals surface area contributed by atoms with Gasteiger partial charge in [0.25, 0.3) is 0 Å². The maximum atomic E-state index is 6.64. The number of aryl methyl sites for hydroxylation is 2. The zero-order valence-corrected chi connectivity index (χ0v) is 12.2. The fourth-order valence-corrected chi connectivity index (χ4v) is 3.86. The van der Waals surface area contributed by atoms with Crippen molar-refractivity contribution >= 4 is 11.3 Å². The highest BCUT2D eigenvalue weighted by Gasteiger charge is 2.37. The summed E-state index contributed by atoms with van der Waals surface area (Å²) in [4.78, 5) is 6.01. The molecule has 1 aromatic heterocycles. The summed E-state index contributed by atoms with van der Waals surface area (Å²) in [5, 5.41) is 1.16.